The van der Waals surface area contributed by atoms with Gasteiger partial charge in [-0.3, -0.25) is 9.78 Å². The summed E-state index contributed by atoms with van der Waals surface area (Å²) in [7, 11) is 1.67. The lowest BCUT2D eigenvalue weighted by molar-refractivity contribution is 0.138. The molecule has 1 saturated heterocycles. The molecule has 7 heteroatoms. The average Bonchev–Trinajstić information content (AvgIpc) is 2.72. The van der Waals surface area contributed by atoms with Crippen LogP contribution in [0.3, 0.4) is 0 Å². The van der Waals surface area contributed by atoms with Gasteiger partial charge in [-0.05, 0) is 24.6 Å². The number of anilines is 1. The molecule has 1 aliphatic heterocycles. The number of aromatic nitrogens is 2. The van der Waals surface area contributed by atoms with Crippen molar-refractivity contribution in [3.05, 3.63) is 33.6 Å². The maximum Gasteiger partial charge on any atom is 0.260 e. The summed E-state index contributed by atoms with van der Waals surface area (Å²) < 4.78 is 10.8. The predicted octanol–water partition coefficient (Wildman–Crippen LogP) is 1.82. The molecule has 1 aromatic carbocycles. The maximum atomic E-state index is 12.3. The van der Waals surface area contributed by atoms with Gasteiger partial charge in [-0.2, -0.15) is 0 Å². The van der Waals surface area contributed by atoms with Crippen LogP contribution in [-0.2, 0) is 9.47 Å². The van der Waals surface area contributed by atoms with E-state index in [0.29, 0.717) is 48.2 Å². The molecule has 0 spiro atoms. The van der Waals surface area contributed by atoms with Gasteiger partial charge in [0.15, 0.2) is 0 Å². The van der Waals surface area contributed by atoms with Crippen LogP contribution in [0.15, 0.2) is 23.0 Å². The third-order valence-electron chi connectivity index (χ3n) is 3.80. The van der Waals surface area contributed by atoms with Crippen molar-refractivity contribution in [1.29, 1.82) is 0 Å². The second kappa shape index (κ2) is 6.64. The van der Waals surface area contributed by atoms with E-state index < -0.39 is 0 Å². The topological polar surface area (TPSA) is 67.5 Å². The van der Waals surface area contributed by atoms with Crippen molar-refractivity contribution in [2.75, 3.05) is 38.4 Å². The van der Waals surface area contributed by atoms with Crippen molar-refractivity contribution in [2.45, 2.75) is 12.5 Å². The van der Waals surface area contributed by atoms with Gasteiger partial charge in [0.1, 0.15) is 0 Å². The van der Waals surface area contributed by atoms with Gasteiger partial charge in [-0.15, -0.1) is 0 Å². The Morgan fingerprint density at radius 1 is 1.50 bits per heavy atom. The number of hydrogen-bond acceptors (Lipinski definition) is 5. The first-order valence-electron chi connectivity index (χ1n) is 7.22. The summed E-state index contributed by atoms with van der Waals surface area (Å²) in [5, 5.41) is 1.09. The first kappa shape index (κ1) is 15.3. The molecular weight excluding hydrogens is 306 g/mol. The number of benzene rings is 1. The number of ether oxygens (including phenoxy) is 2. The van der Waals surface area contributed by atoms with E-state index in [1.165, 1.54) is 0 Å². The highest BCUT2D eigenvalue weighted by atomic mass is 35.5. The molecule has 6 nitrogen and oxygen atoms in total. The molecule has 0 amide bonds. The van der Waals surface area contributed by atoms with Crippen LogP contribution in [0, 0.1) is 0 Å². The summed E-state index contributed by atoms with van der Waals surface area (Å²) in [5.74, 6) is 0.535. The number of H-pyrrole nitrogens is 1. The Balaban J connectivity index is 2.04. The van der Waals surface area contributed by atoms with Gasteiger partial charge in [-0.25, -0.2) is 4.98 Å². The zero-order valence-electron chi connectivity index (χ0n) is 12.3. The minimum atomic E-state index is -0.169. The molecule has 22 heavy (non-hydrogen) atoms. The van der Waals surface area contributed by atoms with Gasteiger partial charge in [-0.1, -0.05) is 11.6 Å². The molecule has 0 saturated carbocycles. The lowest BCUT2D eigenvalue weighted by Crippen LogP contribution is -2.41. The summed E-state index contributed by atoms with van der Waals surface area (Å²) in [6.45, 7) is 2.48. The second-order valence-electron chi connectivity index (χ2n) is 5.25. The molecule has 0 radical (unpaired) electrons. The lowest BCUT2D eigenvalue weighted by atomic mass is 10.2. The Labute approximate surface area is 133 Å². The number of aromatic amines is 1. The number of halogens is 1. The second-order valence-corrected chi connectivity index (χ2v) is 5.69. The minimum absolute atomic E-state index is 0.118. The molecule has 3 rings (SSSR count). The Hall–Kier alpha value is -1.63. The van der Waals surface area contributed by atoms with Crippen LogP contribution in [0.4, 0.5) is 5.95 Å². The quantitative estimate of drug-likeness (QED) is 0.933. The van der Waals surface area contributed by atoms with E-state index in [0.717, 1.165) is 6.42 Å². The van der Waals surface area contributed by atoms with E-state index in [2.05, 4.69) is 9.97 Å². The van der Waals surface area contributed by atoms with Gasteiger partial charge in [0, 0.05) is 25.3 Å². The Morgan fingerprint density at radius 2 is 2.36 bits per heavy atom. The summed E-state index contributed by atoms with van der Waals surface area (Å²) >= 11 is 6.01. The molecule has 2 heterocycles. The number of fused-ring (bicyclic) bond motifs is 1. The van der Waals surface area contributed by atoms with Gasteiger partial charge >= 0.3 is 0 Å². The number of nitrogens with zero attached hydrogens (tertiary/aromatic N) is 2. The van der Waals surface area contributed by atoms with Crippen LogP contribution < -0.4 is 10.5 Å². The summed E-state index contributed by atoms with van der Waals surface area (Å²) in [4.78, 5) is 21.7. The Kier molecular flexibility index (Phi) is 4.61. The van der Waals surface area contributed by atoms with Crippen LogP contribution in [0.2, 0.25) is 5.02 Å². The van der Waals surface area contributed by atoms with Gasteiger partial charge in [0.05, 0.1) is 30.2 Å². The number of hydrogen-bond donors (Lipinski definition) is 1. The average molecular weight is 324 g/mol. The molecule has 1 aromatic heterocycles. The number of methoxy groups -OCH3 is 1. The largest absolute Gasteiger partial charge is 0.383 e. The van der Waals surface area contributed by atoms with Crippen LogP contribution >= 0.6 is 11.6 Å². The molecule has 1 aliphatic rings. The van der Waals surface area contributed by atoms with Crippen molar-refractivity contribution in [2.24, 2.45) is 0 Å². The normalized spacial score (nSPS) is 19.4. The standard InChI is InChI=1S/C15H18ClN3O3/c1-21-9-11-4-6-22-7-5-19(11)15-17-13-8-10(16)2-3-12(13)14(20)18-15/h2-3,8,11H,4-7,9H2,1H3,(H,17,18,20). The maximum absolute atomic E-state index is 12.3. The van der Waals surface area contributed by atoms with E-state index >= 15 is 0 Å². The first-order chi connectivity index (χ1) is 10.7. The molecule has 1 unspecified atom stereocenters. The highest BCUT2D eigenvalue weighted by Crippen LogP contribution is 2.20. The first-order valence-corrected chi connectivity index (χ1v) is 7.60. The fourth-order valence-electron chi connectivity index (χ4n) is 2.70. The third-order valence-corrected chi connectivity index (χ3v) is 4.04. The number of nitrogens with one attached hydrogen (secondary N) is 1. The summed E-state index contributed by atoms with van der Waals surface area (Å²) in [5.41, 5.74) is 0.422. The van der Waals surface area contributed by atoms with Gasteiger partial charge < -0.3 is 14.4 Å². The molecule has 1 N–H and O–H groups in total. The molecular formula is C15H18ClN3O3. The van der Waals surface area contributed by atoms with E-state index in [1.807, 2.05) is 4.90 Å². The van der Waals surface area contributed by atoms with E-state index in [1.54, 1.807) is 25.3 Å². The van der Waals surface area contributed by atoms with E-state index in [9.17, 15) is 4.79 Å². The van der Waals surface area contributed by atoms with Crippen molar-refractivity contribution >= 4 is 28.5 Å². The third kappa shape index (κ3) is 3.09. The predicted molar refractivity (Wildman–Crippen MR) is 85.8 cm³/mol. The van der Waals surface area contributed by atoms with Gasteiger partial charge in [0.2, 0.25) is 5.95 Å². The Bertz CT molecular complexity index is 719. The van der Waals surface area contributed by atoms with Crippen molar-refractivity contribution < 1.29 is 9.47 Å². The van der Waals surface area contributed by atoms with Crippen molar-refractivity contribution in [1.82, 2.24) is 9.97 Å². The SMILES string of the molecule is COCC1CCOCCN1c1nc2cc(Cl)ccc2c(=O)[nH]1. The van der Waals surface area contributed by atoms with Crippen molar-refractivity contribution in [3.63, 3.8) is 0 Å². The number of rotatable bonds is 3. The molecule has 1 atom stereocenters. The fraction of sp³-hybridized carbons (Fsp3) is 0.467. The minimum Gasteiger partial charge on any atom is -0.383 e. The highest BCUT2D eigenvalue weighted by Gasteiger charge is 2.23. The molecule has 0 bridgehead atoms. The van der Waals surface area contributed by atoms with Crippen molar-refractivity contribution in [3.8, 4) is 0 Å². The van der Waals surface area contributed by atoms with E-state index in [-0.39, 0.29) is 11.6 Å². The summed E-state index contributed by atoms with van der Waals surface area (Å²) in [6, 6.07) is 5.20. The highest BCUT2D eigenvalue weighted by molar-refractivity contribution is 6.31. The molecule has 118 valence electrons. The smallest absolute Gasteiger partial charge is 0.260 e. The lowest BCUT2D eigenvalue weighted by Gasteiger charge is -2.29. The summed E-state index contributed by atoms with van der Waals surface area (Å²) in [6.07, 6.45) is 0.825. The fourth-order valence-corrected chi connectivity index (χ4v) is 2.87. The van der Waals surface area contributed by atoms with Crippen LogP contribution in [0.5, 0.6) is 0 Å². The van der Waals surface area contributed by atoms with Crippen LogP contribution in [0.25, 0.3) is 10.9 Å². The zero-order valence-corrected chi connectivity index (χ0v) is 13.1. The molecule has 1 fully saturated rings. The zero-order chi connectivity index (χ0) is 15.5. The Morgan fingerprint density at radius 3 is 3.18 bits per heavy atom. The van der Waals surface area contributed by atoms with Crippen LogP contribution in [-0.4, -0.2) is 49.5 Å². The van der Waals surface area contributed by atoms with Crippen LogP contribution in [0.1, 0.15) is 6.42 Å². The van der Waals surface area contributed by atoms with E-state index in [4.69, 9.17) is 21.1 Å². The monoisotopic (exact) mass is 323 g/mol. The molecule has 0 aliphatic carbocycles. The van der Waals surface area contributed by atoms with Gasteiger partial charge in [0.25, 0.3) is 5.56 Å². The molecule has 2 aromatic rings.